The first-order valence-electron chi connectivity index (χ1n) is 32.8. The molecule has 0 unspecified atom stereocenters. The summed E-state index contributed by atoms with van der Waals surface area (Å²) in [5.74, 6) is 0. The van der Waals surface area contributed by atoms with Crippen molar-refractivity contribution in [3.63, 3.8) is 0 Å². The molecule has 0 atom stereocenters. The fraction of sp³-hybridized carbons (Fsp3) is 0.287. The Labute approximate surface area is 537 Å². The monoisotopic (exact) mass is 1180 g/mol. The van der Waals surface area contributed by atoms with Gasteiger partial charge in [0, 0.05) is 49.8 Å². The van der Waals surface area contributed by atoms with Crippen molar-refractivity contribution in [3.8, 4) is 22.3 Å². The molecule has 0 saturated carbocycles. The predicted octanol–water partition coefficient (Wildman–Crippen LogP) is 24.8. The highest BCUT2D eigenvalue weighted by atomic mass is 15.2. The molecule has 14 rings (SSSR count). The van der Waals surface area contributed by atoms with Crippen molar-refractivity contribution in [2.45, 2.75) is 163 Å². The van der Waals surface area contributed by atoms with E-state index in [1.165, 1.54) is 116 Å². The molecule has 0 amide bonds. The van der Waals surface area contributed by atoms with Gasteiger partial charge in [0.2, 0.25) is 0 Å². The summed E-state index contributed by atoms with van der Waals surface area (Å²) >= 11 is 0. The summed E-state index contributed by atoms with van der Waals surface area (Å²) in [4.78, 5) is 7.66. The van der Waals surface area contributed by atoms with Gasteiger partial charge in [0.15, 0.2) is 0 Å². The molecule has 0 N–H and O–H groups in total. The van der Waals surface area contributed by atoms with Crippen molar-refractivity contribution in [2.24, 2.45) is 0 Å². The van der Waals surface area contributed by atoms with Crippen LogP contribution in [-0.4, -0.2) is 0 Å². The third-order valence-electron chi connectivity index (χ3n) is 20.8. The maximum absolute atomic E-state index is 2.72. The van der Waals surface area contributed by atoms with Crippen molar-refractivity contribution in [1.82, 2.24) is 0 Å². The second-order valence-corrected chi connectivity index (χ2v) is 32.0. The molecule has 3 heterocycles. The molecule has 11 aromatic carbocycles. The quantitative estimate of drug-likeness (QED) is 0.150. The Hall–Kier alpha value is -8.66. The number of fused-ring (bicyclic) bond motifs is 2. The molecular weight excluding hydrogens is 1090 g/mol. The van der Waals surface area contributed by atoms with E-state index in [-0.39, 0.29) is 32.5 Å². The zero-order valence-corrected chi connectivity index (χ0v) is 56.5. The standard InChI is InChI=1S/C87H89N3/c1-81(2,3)56-30-38-60(39-31-56)88(61-40-32-57(33-41-61)82(4,5)6)76-48-46-64(66-24-19-21-26-68(66)76)54-50-72-79-74(52-54)87(17,18)75-53-55(51-73-80(75)90(79)78-70(85(72,13)14)28-23-29-71(78)86(73,15)16)65-47-49-77(69-27-22-20-25-67(65)69)89(62-42-34-58(35-43-62)83(7,8)9)63-44-36-59(37-45-63)84(10,11)12/h19-53H,1-18H3. The number of para-hydroxylation sites is 1. The van der Waals surface area contributed by atoms with Gasteiger partial charge in [-0.2, -0.15) is 0 Å². The van der Waals surface area contributed by atoms with E-state index in [2.05, 4.69) is 352 Å². The lowest BCUT2D eigenvalue weighted by Gasteiger charge is -2.55. The summed E-state index contributed by atoms with van der Waals surface area (Å²) < 4.78 is 0. The van der Waals surface area contributed by atoms with Crippen LogP contribution in [0.5, 0.6) is 0 Å². The Bertz CT molecular complexity index is 4270. The van der Waals surface area contributed by atoms with Crippen molar-refractivity contribution < 1.29 is 0 Å². The molecule has 3 nitrogen and oxygen atoms in total. The van der Waals surface area contributed by atoms with Crippen LogP contribution in [0.25, 0.3) is 43.8 Å². The van der Waals surface area contributed by atoms with Crippen molar-refractivity contribution in [1.29, 1.82) is 0 Å². The summed E-state index contributed by atoms with van der Waals surface area (Å²) in [7, 11) is 0. The molecule has 3 aliphatic heterocycles. The molecule has 0 aromatic heterocycles. The Morgan fingerprint density at radius 3 is 0.800 bits per heavy atom. The Kier molecular flexibility index (Phi) is 13.2. The first kappa shape index (κ1) is 59.0. The van der Waals surface area contributed by atoms with Crippen molar-refractivity contribution in [3.05, 3.63) is 268 Å². The topological polar surface area (TPSA) is 9.72 Å². The van der Waals surface area contributed by atoms with Gasteiger partial charge in [0.1, 0.15) is 0 Å². The van der Waals surface area contributed by atoms with Crippen LogP contribution in [0.4, 0.5) is 51.2 Å². The minimum Gasteiger partial charge on any atom is -0.310 e. The van der Waals surface area contributed by atoms with Gasteiger partial charge < -0.3 is 14.7 Å². The Morgan fingerprint density at radius 2 is 0.522 bits per heavy atom. The molecule has 90 heavy (non-hydrogen) atoms. The third-order valence-corrected chi connectivity index (χ3v) is 20.8. The lowest BCUT2D eigenvalue weighted by atomic mass is 9.60. The highest BCUT2D eigenvalue weighted by Gasteiger charge is 2.52. The summed E-state index contributed by atoms with van der Waals surface area (Å²) in [6, 6.07) is 82.3. The SMILES string of the molecule is CC(C)(C)c1ccc(N(c2ccc(C(C)(C)C)cc2)c2ccc(-c3cc4c5c(c3)C(C)(C)c3cc(-c6ccc(N(c7ccc(C(C)(C)C)cc7)c7ccc(C(C)(C)C)cc7)c7ccccc67)cc6c3N5c3c(cccc3C6(C)C)C4(C)C)c3ccccc23)cc1. The first-order valence-corrected chi connectivity index (χ1v) is 32.8. The smallest absolute Gasteiger partial charge is 0.0544 e. The van der Waals surface area contributed by atoms with E-state index in [4.69, 9.17) is 0 Å². The molecule has 0 bridgehead atoms. The molecule has 3 heteroatoms. The van der Waals surface area contributed by atoms with Gasteiger partial charge in [0.05, 0.1) is 28.4 Å². The summed E-state index contributed by atoms with van der Waals surface area (Å²) in [5, 5.41) is 4.89. The molecular formula is C87H89N3. The van der Waals surface area contributed by atoms with Gasteiger partial charge in [-0.25, -0.2) is 0 Å². The second-order valence-electron chi connectivity index (χ2n) is 32.0. The number of hydrogen-bond acceptors (Lipinski definition) is 3. The predicted molar refractivity (Wildman–Crippen MR) is 388 cm³/mol. The van der Waals surface area contributed by atoms with Crippen LogP contribution in [0, 0.1) is 0 Å². The summed E-state index contributed by atoms with van der Waals surface area (Å²) in [6.45, 7) is 42.4. The molecule has 3 aliphatic rings. The number of rotatable bonds is 8. The van der Waals surface area contributed by atoms with Crippen LogP contribution >= 0.6 is 0 Å². The number of hydrogen-bond donors (Lipinski definition) is 0. The van der Waals surface area contributed by atoms with E-state index in [9.17, 15) is 0 Å². The van der Waals surface area contributed by atoms with E-state index in [1.54, 1.807) is 0 Å². The van der Waals surface area contributed by atoms with Gasteiger partial charge in [-0.3, -0.25) is 0 Å². The van der Waals surface area contributed by atoms with Gasteiger partial charge in [-0.1, -0.05) is 252 Å². The molecule has 0 spiro atoms. The molecule has 0 saturated heterocycles. The van der Waals surface area contributed by atoms with Crippen LogP contribution < -0.4 is 14.7 Å². The zero-order chi connectivity index (χ0) is 63.6. The number of anilines is 9. The van der Waals surface area contributed by atoms with E-state index >= 15 is 0 Å². The van der Waals surface area contributed by atoms with Gasteiger partial charge >= 0.3 is 0 Å². The molecule has 0 radical (unpaired) electrons. The van der Waals surface area contributed by atoms with E-state index < -0.39 is 5.41 Å². The van der Waals surface area contributed by atoms with Gasteiger partial charge in [0.25, 0.3) is 0 Å². The number of nitrogens with zero attached hydrogens (tertiary/aromatic N) is 3. The Balaban J connectivity index is 0.955. The highest BCUT2D eigenvalue weighted by molar-refractivity contribution is 6.10. The van der Waals surface area contributed by atoms with Crippen LogP contribution in [-0.2, 0) is 37.9 Å². The van der Waals surface area contributed by atoms with Crippen molar-refractivity contribution in [2.75, 3.05) is 14.7 Å². The average Bonchev–Trinajstić information content (AvgIpc) is 0.666. The lowest BCUT2D eigenvalue weighted by molar-refractivity contribution is 0.567. The van der Waals surface area contributed by atoms with Gasteiger partial charge in [-0.05, 0) is 195 Å². The average molecular weight is 1180 g/mol. The fourth-order valence-electron chi connectivity index (χ4n) is 15.3. The third kappa shape index (κ3) is 9.26. The lowest BCUT2D eigenvalue weighted by Crippen LogP contribution is -2.43. The van der Waals surface area contributed by atoms with Crippen LogP contribution in [0.1, 0.15) is 180 Å². The zero-order valence-electron chi connectivity index (χ0n) is 56.5. The highest BCUT2D eigenvalue weighted by Crippen LogP contribution is 2.67. The fourth-order valence-corrected chi connectivity index (χ4v) is 15.3. The van der Waals surface area contributed by atoms with E-state index in [0.717, 1.165) is 34.1 Å². The molecule has 11 aromatic rings. The first-order chi connectivity index (χ1) is 42.4. The van der Waals surface area contributed by atoms with E-state index in [0.29, 0.717) is 0 Å². The number of benzene rings is 11. The minimum atomic E-state index is -0.400. The maximum Gasteiger partial charge on any atom is 0.0544 e. The van der Waals surface area contributed by atoms with Crippen molar-refractivity contribution >= 4 is 72.7 Å². The Morgan fingerprint density at radius 1 is 0.267 bits per heavy atom. The maximum atomic E-state index is 2.72. The minimum absolute atomic E-state index is 0.0380. The molecule has 0 fully saturated rings. The van der Waals surface area contributed by atoms with Crippen LogP contribution in [0.2, 0.25) is 0 Å². The van der Waals surface area contributed by atoms with E-state index in [1.807, 2.05) is 0 Å². The summed E-state index contributed by atoms with van der Waals surface area (Å²) in [5.41, 5.74) is 28.5. The van der Waals surface area contributed by atoms with Gasteiger partial charge in [-0.15, -0.1) is 0 Å². The largest absolute Gasteiger partial charge is 0.310 e. The molecule has 0 aliphatic carbocycles. The molecule has 452 valence electrons. The second kappa shape index (κ2) is 20.2. The van der Waals surface area contributed by atoms with Crippen LogP contribution in [0.3, 0.4) is 0 Å². The summed E-state index contributed by atoms with van der Waals surface area (Å²) in [6.07, 6.45) is 0. The normalized spacial score (nSPS) is 15.2. The van der Waals surface area contributed by atoms with Crippen LogP contribution in [0.15, 0.2) is 212 Å².